The van der Waals surface area contributed by atoms with E-state index in [1.807, 2.05) is 51.1 Å². The van der Waals surface area contributed by atoms with Crippen LogP contribution in [0.15, 0.2) is 30.3 Å². The fourth-order valence-electron chi connectivity index (χ4n) is 5.04. The summed E-state index contributed by atoms with van der Waals surface area (Å²) < 4.78 is 5.39. The highest BCUT2D eigenvalue weighted by molar-refractivity contribution is 5.97. The van der Waals surface area contributed by atoms with Crippen molar-refractivity contribution in [2.75, 3.05) is 6.61 Å². The van der Waals surface area contributed by atoms with Gasteiger partial charge in [0, 0.05) is 31.1 Å². The summed E-state index contributed by atoms with van der Waals surface area (Å²) in [7, 11) is 0. The Morgan fingerprint density at radius 3 is 2.18 bits per heavy atom. The minimum Gasteiger partial charge on any atom is -0.362 e. The number of benzene rings is 1. The Kier molecular flexibility index (Phi) is 13.4. The molecular weight excluding hydrogens is 478 g/mol. The van der Waals surface area contributed by atoms with Crippen LogP contribution in [-0.4, -0.2) is 41.5 Å². The molecular formula is C32H49NO5. The van der Waals surface area contributed by atoms with Crippen LogP contribution in [0, 0.1) is 17.8 Å². The molecule has 1 fully saturated rings. The van der Waals surface area contributed by atoms with Gasteiger partial charge >= 0.3 is 0 Å². The van der Waals surface area contributed by atoms with E-state index in [0.717, 1.165) is 37.7 Å². The zero-order chi connectivity index (χ0) is 28.1. The third-order valence-electron chi connectivity index (χ3n) is 7.45. The standard InChI is InChI=1S/C32H49NO5/c1-6-8-11-16-27(34)20-26(19-24-14-12-10-13-15-24)31(37)33-28(17-9-7-2)29(35)21-25(18-23(3)4)30(36)32(5)22-38-32/h10,12-15,23,25-26,28H,6-9,11,16-22H2,1-5H3,(H,33,37)/t25-,26-,28+,32-/m1/s1. The van der Waals surface area contributed by atoms with Gasteiger partial charge in [-0.1, -0.05) is 83.7 Å². The van der Waals surface area contributed by atoms with E-state index in [-0.39, 0.29) is 42.0 Å². The summed E-state index contributed by atoms with van der Waals surface area (Å²) in [6, 6.07) is 9.05. The monoisotopic (exact) mass is 527 g/mol. The number of Topliss-reactive ketones (excluding diaryl/α,β-unsaturated/α-hetero) is 3. The minimum atomic E-state index is -0.777. The molecule has 0 bridgehead atoms. The Labute approximate surface area is 229 Å². The molecule has 1 aromatic carbocycles. The molecule has 0 saturated carbocycles. The van der Waals surface area contributed by atoms with Crippen LogP contribution in [0.3, 0.4) is 0 Å². The Hall–Kier alpha value is -2.34. The maximum Gasteiger partial charge on any atom is 0.224 e. The van der Waals surface area contributed by atoms with Gasteiger partial charge in [0.05, 0.1) is 12.6 Å². The normalized spacial score (nSPS) is 19.0. The van der Waals surface area contributed by atoms with E-state index in [0.29, 0.717) is 32.3 Å². The van der Waals surface area contributed by atoms with Gasteiger partial charge in [-0.25, -0.2) is 0 Å². The van der Waals surface area contributed by atoms with Crippen LogP contribution in [0.25, 0.3) is 0 Å². The quantitative estimate of drug-likeness (QED) is 0.165. The lowest BCUT2D eigenvalue weighted by molar-refractivity contribution is -0.135. The van der Waals surface area contributed by atoms with Gasteiger partial charge in [-0.15, -0.1) is 0 Å². The molecule has 1 amide bonds. The molecule has 0 aromatic heterocycles. The summed E-state index contributed by atoms with van der Waals surface area (Å²) in [6.45, 7) is 10.4. The number of rotatable bonds is 20. The van der Waals surface area contributed by atoms with Crippen molar-refractivity contribution in [3.8, 4) is 0 Å². The predicted octanol–water partition coefficient (Wildman–Crippen LogP) is 6.04. The molecule has 4 atom stereocenters. The van der Waals surface area contributed by atoms with Gasteiger partial charge in [0.2, 0.25) is 5.91 Å². The van der Waals surface area contributed by atoms with Crippen molar-refractivity contribution in [2.24, 2.45) is 17.8 Å². The molecule has 0 spiro atoms. The first-order valence-electron chi connectivity index (χ1n) is 14.7. The van der Waals surface area contributed by atoms with Crippen molar-refractivity contribution in [1.82, 2.24) is 5.32 Å². The maximum absolute atomic E-state index is 13.6. The highest BCUT2D eigenvalue weighted by atomic mass is 16.6. The summed E-state index contributed by atoms with van der Waals surface area (Å²) in [4.78, 5) is 52.9. The predicted molar refractivity (Wildman–Crippen MR) is 151 cm³/mol. The molecule has 2 rings (SSSR count). The summed E-state index contributed by atoms with van der Waals surface area (Å²) in [5.41, 5.74) is 0.215. The average Bonchev–Trinajstić information content (AvgIpc) is 3.63. The highest BCUT2D eigenvalue weighted by Gasteiger charge is 2.50. The van der Waals surface area contributed by atoms with Crippen molar-refractivity contribution < 1.29 is 23.9 Å². The topological polar surface area (TPSA) is 92.8 Å². The third kappa shape index (κ3) is 10.8. The lowest BCUT2D eigenvalue weighted by Crippen LogP contribution is -2.46. The van der Waals surface area contributed by atoms with Crippen molar-refractivity contribution in [3.05, 3.63) is 35.9 Å². The van der Waals surface area contributed by atoms with Crippen LogP contribution in [0.1, 0.15) is 104 Å². The number of carbonyl (C=O) groups excluding carboxylic acids is 4. The first-order valence-corrected chi connectivity index (χ1v) is 14.7. The summed E-state index contributed by atoms with van der Waals surface area (Å²) in [5, 5.41) is 3.01. The summed E-state index contributed by atoms with van der Waals surface area (Å²) in [5.74, 6) is -0.978. The van der Waals surface area contributed by atoms with Gasteiger partial charge in [0.15, 0.2) is 11.6 Å². The number of hydrogen-bond acceptors (Lipinski definition) is 5. The minimum absolute atomic E-state index is 0.0141. The SMILES string of the molecule is CCCCCC(=O)C[C@@H](Cc1ccccc1)C(=O)N[C@@H](CCCC)C(=O)C[C@@H](CC(C)C)C(=O)[C@@]1(C)CO1. The van der Waals surface area contributed by atoms with Crippen molar-refractivity contribution in [3.63, 3.8) is 0 Å². The second-order valence-corrected chi connectivity index (χ2v) is 11.7. The second kappa shape index (κ2) is 15.9. The van der Waals surface area contributed by atoms with Crippen LogP contribution in [0.4, 0.5) is 0 Å². The fraction of sp³-hybridized carbons (Fsp3) is 0.688. The molecule has 0 unspecified atom stereocenters. The molecule has 1 saturated heterocycles. The van der Waals surface area contributed by atoms with E-state index < -0.39 is 23.5 Å². The molecule has 212 valence electrons. The number of hydrogen-bond donors (Lipinski definition) is 1. The van der Waals surface area contributed by atoms with Crippen LogP contribution >= 0.6 is 0 Å². The summed E-state index contributed by atoms with van der Waals surface area (Å²) >= 11 is 0. The Balaban J connectivity index is 2.16. The molecule has 1 aliphatic rings. The fourth-order valence-corrected chi connectivity index (χ4v) is 5.04. The molecule has 1 N–H and O–H groups in total. The van der Waals surface area contributed by atoms with Crippen molar-refractivity contribution in [2.45, 2.75) is 117 Å². The van der Waals surface area contributed by atoms with E-state index in [4.69, 9.17) is 4.74 Å². The Bertz CT molecular complexity index is 906. The largest absolute Gasteiger partial charge is 0.362 e. The summed E-state index contributed by atoms with van der Waals surface area (Å²) in [6.07, 6.45) is 6.89. The Morgan fingerprint density at radius 1 is 0.947 bits per heavy atom. The highest BCUT2D eigenvalue weighted by Crippen LogP contribution is 2.34. The van der Waals surface area contributed by atoms with E-state index >= 15 is 0 Å². The maximum atomic E-state index is 13.6. The average molecular weight is 528 g/mol. The number of carbonyl (C=O) groups is 4. The van der Waals surface area contributed by atoms with E-state index in [2.05, 4.69) is 12.2 Å². The molecule has 6 heteroatoms. The van der Waals surface area contributed by atoms with Gasteiger partial charge in [0.25, 0.3) is 0 Å². The number of ketones is 3. The number of ether oxygens (including phenoxy) is 1. The first-order chi connectivity index (χ1) is 18.1. The number of epoxide rings is 1. The van der Waals surface area contributed by atoms with Crippen molar-refractivity contribution >= 4 is 23.3 Å². The number of nitrogens with one attached hydrogen (secondary N) is 1. The third-order valence-corrected chi connectivity index (χ3v) is 7.45. The van der Waals surface area contributed by atoms with Gasteiger partial charge in [-0.3, -0.25) is 19.2 Å². The molecule has 0 radical (unpaired) electrons. The number of amides is 1. The van der Waals surface area contributed by atoms with E-state index in [9.17, 15) is 19.2 Å². The smallest absolute Gasteiger partial charge is 0.224 e. The lowest BCUT2D eigenvalue weighted by atomic mass is 9.82. The van der Waals surface area contributed by atoms with Crippen molar-refractivity contribution in [1.29, 1.82) is 0 Å². The molecule has 1 aliphatic heterocycles. The van der Waals surface area contributed by atoms with Gasteiger partial charge in [-0.2, -0.15) is 0 Å². The first kappa shape index (κ1) is 31.9. The van der Waals surface area contributed by atoms with E-state index in [1.54, 1.807) is 6.92 Å². The molecule has 6 nitrogen and oxygen atoms in total. The zero-order valence-corrected chi connectivity index (χ0v) is 24.2. The Morgan fingerprint density at radius 2 is 1.61 bits per heavy atom. The lowest BCUT2D eigenvalue weighted by Gasteiger charge is -2.25. The van der Waals surface area contributed by atoms with Gasteiger partial charge < -0.3 is 10.1 Å². The van der Waals surface area contributed by atoms with Crippen LogP contribution in [-0.2, 0) is 30.3 Å². The molecule has 38 heavy (non-hydrogen) atoms. The van der Waals surface area contributed by atoms with E-state index in [1.165, 1.54) is 0 Å². The van der Waals surface area contributed by atoms with Gasteiger partial charge in [0.1, 0.15) is 11.4 Å². The molecule has 1 aromatic rings. The molecule has 1 heterocycles. The molecule has 0 aliphatic carbocycles. The van der Waals surface area contributed by atoms with Crippen LogP contribution in [0.5, 0.6) is 0 Å². The van der Waals surface area contributed by atoms with Crippen LogP contribution < -0.4 is 5.32 Å². The van der Waals surface area contributed by atoms with Gasteiger partial charge in [-0.05, 0) is 44.1 Å². The second-order valence-electron chi connectivity index (χ2n) is 11.7. The zero-order valence-electron chi connectivity index (χ0n) is 24.2. The van der Waals surface area contributed by atoms with Crippen LogP contribution in [0.2, 0.25) is 0 Å². The number of unbranched alkanes of at least 4 members (excludes halogenated alkanes) is 3.